The van der Waals surface area contributed by atoms with Gasteiger partial charge in [0.1, 0.15) is 85.0 Å². The number of carboxylic acid groups (broad SMARTS) is 1. The molecule has 2 saturated heterocycles. The molecule has 2 fully saturated rings. The highest BCUT2D eigenvalue weighted by molar-refractivity contribution is 5.94. The Hall–Kier alpha value is -5.70. The number of carbonyl (C=O) groups excluding carboxylic acids is 9. The van der Waals surface area contributed by atoms with Gasteiger partial charge in [0.2, 0.25) is 53.2 Å². The fraction of sp³-hybridized carbons (Fsp3) is 0.750. The van der Waals surface area contributed by atoms with E-state index in [0.717, 1.165) is 13.8 Å². The maximum atomic E-state index is 13.5. The molecule has 0 radical (unpaired) electrons. The van der Waals surface area contributed by atoms with E-state index in [1.807, 2.05) is 0 Å². The Bertz CT molecular complexity index is 1870. The summed E-state index contributed by atoms with van der Waals surface area (Å²) in [5.41, 5.74) is 16.4. The molecule has 2 aliphatic rings. The molecule has 9 amide bonds. The molecule has 0 spiro atoms. The lowest BCUT2D eigenvalue weighted by molar-refractivity contribution is -0.333. The van der Waals surface area contributed by atoms with Gasteiger partial charge in [0.05, 0.1) is 19.3 Å². The predicted octanol–water partition coefficient (Wildman–Crippen LogP) is -8.88. The summed E-state index contributed by atoms with van der Waals surface area (Å²) in [4.78, 5) is 125. The molecule has 70 heavy (non-hydrogen) atoms. The SMILES string of the molecule is CC(=O)NC1C(OC2C(CO)OC(O)C(NC(C)=O)C2OC(C)C(=O)NC(C)C(=O)NC(CCC(=O)NC(CCCC(N)C(N)=O)C(=O)NC(C)C(=O)NC(C)C(=O)O)C(N)=O)OC(CO)C(O)C1O. The summed E-state index contributed by atoms with van der Waals surface area (Å²) < 4.78 is 23.2. The number of amides is 9. The first-order valence-electron chi connectivity index (χ1n) is 22.1. The van der Waals surface area contributed by atoms with Crippen molar-refractivity contribution in [3.8, 4) is 0 Å². The van der Waals surface area contributed by atoms with Crippen LogP contribution in [0.5, 0.6) is 0 Å². The number of carboxylic acids is 1. The quantitative estimate of drug-likeness (QED) is 0.0363. The first kappa shape index (κ1) is 60.4. The van der Waals surface area contributed by atoms with Crippen LogP contribution in [-0.4, -0.2) is 207 Å². The van der Waals surface area contributed by atoms with E-state index in [2.05, 4.69) is 37.2 Å². The Balaban J connectivity index is 2.21. The molecule has 398 valence electrons. The summed E-state index contributed by atoms with van der Waals surface area (Å²) in [5.74, 6) is -9.28. The molecule has 17 atom stereocenters. The van der Waals surface area contributed by atoms with E-state index < -0.39 is 189 Å². The molecule has 2 aliphatic heterocycles. The van der Waals surface area contributed by atoms with E-state index in [9.17, 15) is 73.5 Å². The number of nitrogens with two attached hydrogens (primary N) is 3. The van der Waals surface area contributed by atoms with E-state index >= 15 is 0 Å². The zero-order valence-electron chi connectivity index (χ0n) is 39.4. The number of hydrogen-bond acceptors (Lipinski definition) is 20. The number of ether oxygens (including phenoxy) is 4. The number of aliphatic hydroxyl groups excluding tert-OH is 5. The summed E-state index contributed by atoms with van der Waals surface area (Å²) in [5, 5.41) is 77.7. The standard InChI is InChI=1S/C40H68N10O20/c1-14(34(60)46-16(3)38(64)65)45-37(63)22(9-7-8-20(41)32(42)58)49-25(55)11-10-21(33(43)59)50-35(61)15(2)44-36(62)17(4)67-31-27(48-19(6)54)39(66)68-24(13-52)30(31)70-40-26(47-18(5)53)29(57)28(56)23(12-51)69-40/h14-17,20-24,26-31,39-40,51-52,56-57,66H,7-13,41H2,1-6H3,(H2,42,58)(H2,43,59)(H,44,62)(H,45,63)(H,46,60)(H,47,53)(H,48,54)(H,49,55)(H,50,61)(H,64,65). The fourth-order valence-corrected chi connectivity index (χ4v) is 7.07. The zero-order valence-corrected chi connectivity index (χ0v) is 39.4. The van der Waals surface area contributed by atoms with Crippen LogP contribution in [0.1, 0.15) is 73.6 Å². The van der Waals surface area contributed by atoms with Crippen molar-refractivity contribution in [3.63, 3.8) is 0 Å². The van der Waals surface area contributed by atoms with E-state index in [4.69, 9.17) is 41.3 Å². The highest BCUT2D eigenvalue weighted by Crippen LogP contribution is 2.31. The van der Waals surface area contributed by atoms with Gasteiger partial charge in [-0.25, -0.2) is 0 Å². The fourth-order valence-electron chi connectivity index (χ4n) is 7.07. The van der Waals surface area contributed by atoms with Crippen molar-refractivity contribution in [2.75, 3.05) is 13.2 Å². The highest BCUT2D eigenvalue weighted by Gasteiger charge is 2.53. The van der Waals surface area contributed by atoms with Gasteiger partial charge in [0.25, 0.3) is 0 Å². The average molecular weight is 1010 g/mol. The first-order chi connectivity index (χ1) is 32.6. The van der Waals surface area contributed by atoms with Crippen LogP contribution in [0.3, 0.4) is 0 Å². The number of nitrogens with one attached hydrogen (secondary N) is 7. The van der Waals surface area contributed by atoms with Crippen molar-refractivity contribution in [1.82, 2.24) is 37.2 Å². The third kappa shape index (κ3) is 18.2. The van der Waals surface area contributed by atoms with E-state index in [1.165, 1.54) is 27.7 Å². The Morgan fingerprint density at radius 3 is 1.69 bits per heavy atom. The van der Waals surface area contributed by atoms with Crippen molar-refractivity contribution in [3.05, 3.63) is 0 Å². The van der Waals surface area contributed by atoms with Gasteiger partial charge in [-0.1, -0.05) is 0 Å². The molecule has 2 heterocycles. The van der Waals surface area contributed by atoms with Crippen molar-refractivity contribution < 1.29 is 97.5 Å². The Kier molecular flexibility index (Phi) is 24.4. The van der Waals surface area contributed by atoms with Crippen molar-refractivity contribution in [2.45, 2.75) is 177 Å². The van der Waals surface area contributed by atoms with Crippen LogP contribution >= 0.6 is 0 Å². The van der Waals surface area contributed by atoms with Gasteiger partial charge in [-0.05, 0) is 53.4 Å². The van der Waals surface area contributed by atoms with Crippen molar-refractivity contribution in [2.24, 2.45) is 17.2 Å². The molecule has 30 heteroatoms. The largest absolute Gasteiger partial charge is 0.480 e. The topological polar surface area (TPSA) is 491 Å². The summed E-state index contributed by atoms with van der Waals surface area (Å²) in [7, 11) is 0. The lowest BCUT2D eigenvalue weighted by Gasteiger charge is -2.48. The maximum absolute atomic E-state index is 13.5. The molecule has 0 bridgehead atoms. The third-order valence-corrected chi connectivity index (χ3v) is 11.1. The first-order valence-corrected chi connectivity index (χ1v) is 22.1. The minimum Gasteiger partial charge on any atom is -0.480 e. The average Bonchev–Trinajstić information content (AvgIpc) is 3.27. The number of carbonyl (C=O) groups is 10. The van der Waals surface area contributed by atoms with Crippen LogP contribution in [0, 0.1) is 0 Å². The Labute approximate surface area is 401 Å². The van der Waals surface area contributed by atoms with Crippen LogP contribution in [0.15, 0.2) is 0 Å². The van der Waals surface area contributed by atoms with Crippen molar-refractivity contribution in [1.29, 1.82) is 0 Å². The summed E-state index contributed by atoms with van der Waals surface area (Å²) in [6.45, 7) is 5.29. The third-order valence-electron chi connectivity index (χ3n) is 11.1. The minimum absolute atomic E-state index is 0.00788. The predicted molar refractivity (Wildman–Crippen MR) is 234 cm³/mol. The smallest absolute Gasteiger partial charge is 0.325 e. The normalized spacial score (nSPS) is 27.3. The van der Waals surface area contributed by atoms with Gasteiger partial charge < -0.3 is 104 Å². The summed E-state index contributed by atoms with van der Waals surface area (Å²) >= 11 is 0. The van der Waals surface area contributed by atoms with E-state index in [1.54, 1.807) is 0 Å². The summed E-state index contributed by atoms with van der Waals surface area (Å²) in [6.07, 6.45) is -15.9. The van der Waals surface area contributed by atoms with Crippen LogP contribution < -0.4 is 54.4 Å². The monoisotopic (exact) mass is 1010 g/mol. The van der Waals surface area contributed by atoms with Gasteiger partial charge in [-0.3, -0.25) is 47.9 Å². The van der Waals surface area contributed by atoms with Crippen LogP contribution in [0.25, 0.3) is 0 Å². The Morgan fingerprint density at radius 2 is 1.16 bits per heavy atom. The number of primary amides is 2. The molecule has 0 aliphatic carbocycles. The molecule has 0 saturated carbocycles. The highest BCUT2D eigenvalue weighted by atomic mass is 16.7. The van der Waals surface area contributed by atoms with Gasteiger partial charge in [0.15, 0.2) is 12.6 Å². The Morgan fingerprint density at radius 1 is 0.614 bits per heavy atom. The molecule has 0 aromatic carbocycles. The van der Waals surface area contributed by atoms with Gasteiger partial charge in [-0.2, -0.15) is 0 Å². The molecule has 17 unspecified atom stereocenters. The number of aliphatic hydroxyl groups is 5. The number of aliphatic carboxylic acids is 1. The molecule has 0 aromatic heterocycles. The van der Waals surface area contributed by atoms with E-state index in [-0.39, 0.29) is 19.3 Å². The lowest BCUT2D eigenvalue weighted by atomic mass is 9.94. The number of hydrogen-bond donors (Lipinski definition) is 16. The zero-order chi connectivity index (χ0) is 53.3. The number of rotatable bonds is 27. The second-order valence-corrected chi connectivity index (χ2v) is 16.8. The van der Waals surface area contributed by atoms with Gasteiger partial charge in [-0.15, -0.1) is 0 Å². The molecular weight excluding hydrogens is 940 g/mol. The second kappa shape index (κ2) is 28.2. The van der Waals surface area contributed by atoms with Gasteiger partial charge >= 0.3 is 5.97 Å². The lowest BCUT2D eigenvalue weighted by Crippen LogP contribution is -2.70. The molecule has 30 nitrogen and oxygen atoms in total. The molecular formula is C40H68N10O20. The molecule has 19 N–H and O–H groups in total. The van der Waals surface area contributed by atoms with Crippen LogP contribution in [-0.2, 0) is 66.9 Å². The molecule has 0 aromatic rings. The van der Waals surface area contributed by atoms with Crippen LogP contribution in [0.4, 0.5) is 0 Å². The maximum Gasteiger partial charge on any atom is 0.325 e. The second-order valence-electron chi connectivity index (χ2n) is 16.8. The summed E-state index contributed by atoms with van der Waals surface area (Å²) in [6, 6.07) is -11.0. The minimum atomic E-state index is -1.90. The van der Waals surface area contributed by atoms with Gasteiger partial charge in [0, 0.05) is 20.3 Å². The molecule has 2 rings (SSSR count). The van der Waals surface area contributed by atoms with E-state index in [0.29, 0.717) is 0 Å². The van der Waals surface area contributed by atoms with Crippen molar-refractivity contribution >= 4 is 59.1 Å². The van der Waals surface area contributed by atoms with Crippen LogP contribution in [0.2, 0.25) is 0 Å².